The molecule has 0 aliphatic rings. The maximum absolute atomic E-state index is 11.6. The summed E-state index contributed by atoms with van der Waals surface area (Å²) in [6.07, 6.45) is 0. The molecule has 0 aliphatic heterocycles. The van der Waals surface area contributed by atoms with Crippen molar-refractivity contribution in [2.24, 2.45) is 0 Å². The van der Waals surface area contributed by atoms with Gasteiger partial charge >= 0.3 is 0 Å². The van der Waals surface area contributed by atoms with Crippen LogP contribution in [0.1, 0.15) is 17.3 Å². The number of rotatable bonds is 9. The van der Waals surface area contributed by atoms with Crippen molar-refractivity contribution in [3.63, 3.8) is 0 Å². The van der Waals surface area contributed by atoms with Gasteiger partial charge in [-0.05, 0) is 47.2 Å². The quantitative estimate of drug-likeness (QED) is 0.649. The normalized spacial score (nSPS) is 11.0. The van der Waals surface area contributed by atoms with Gasteiger partial charge in [0.15, 0.2) is 5.78 Å². The van der Waals surface area contributed by atoms with E-state index in [2.05, 4.69) is 0 Å². The third-order valence-electron chi connectivity index (χ3n) is 2.90. The van der Waals surface area contributed by atoms with E-state index in [0.29, 0.717) is 30.3 Å². The number of nitrogens with zero attached hydrogens (tertiary/aromatic N) is 2. The van der Waals surface area contributed by atoms with E-state index in [9.17, 15) is 4.79 Å². The molecule has 5 heteroatoms. The van der Waals surface area contributed by atoms with Crippen LogP contribution in [0.25, 0.3) is 0 Å². The number of hydrogen-bond donors (Lipinski definition) is 0. The number of ether oxygens (including phenoxy) is 2. The van der Waals surface area contributed by atoms with E-state index in [0.717, 1.165) is 13.1 Å². The maximum Gasteiger partial charge on any atom is 0.160 e. The van der Waals surface area contributed by atoms with Crippen molar-refractivity contribution in [1.29, 1.82) is 0 Å². The van der Waals surface area contributed by atoms with Crippen LogP contribution in [-0.2, 0) is 0 Å². The minimum absolute atomic E-state index is 0.00511. The van der Waals surface area contributed by atoms with Crippen LogP contribution >= 0.6 is 0 Å². The fourth-order valence-electron chi connectivity index (χ4n) is 1.63. The van der Waals surface area contributed by atoms with Gasteiger partial charge in [-0.3, -0.25) is 4.79 Å². The Morgan fingerprint density at radius 2 is 1.33 bits per heavy atom. The highest BCUT2D eigenvalue weighted by Crippen LogP contribution is 2.23. The van der Waals surface area contributed by atoms with E-state index >= 15 is 0 Å². The Bertz CT molecular complexity index is 427. The fourth-order valence-corrected chi connectivity index (χ4v) is 1.63. The Kier molecular flexibility index (Phi) is 7.19. The smallest absolute Gasteiger partial charge is 0.160 e. The summed E-state index contributed by atoms with van der Waals surface area (Å²) in [5, 5.41) is 0. The SMILES string of the molecule is CC(=O)c1cc(OCCN(C)C)cc(OCCN(C)C)c1. The monoisotopic (exact) mass is 294 g/mol. The predicted molar refractivity (Wildman–Crippen MR) is 84.5 cm³/mol. The predicted octanol–water partition coefficient (Wildman–Crippen LogP) is 1.77. The lowest BCUT2D eigenvalue weighted by Crippen LogP contribution is -2.20. The zero-order valence-corrected chi connectivity index (χ0v) is 13.7. The van der Waals surface area contributed by atoms with Crippen LogP contribution in [0.2, 0.25) is 0 Å². The molecule has 0 radical (unpaired) electrons. The van der Waals surface area contributed by atoms with Crippen LogP contribution in [0.4, 0.5) is 0 Å². The average molecular weight is 294 g/mol. The van der Waals surface area contributed by atoms with Gasteiger partial charge < -0.3 is 19.3 Å². The molecule has 21 heavy (non-hydrogen) atoms. The van der Waals surface area contributed by atoms with Gasteiger partial charge in [0.05, 0.1) is 0 Å². The van der Waals surface area contributed by atoms with Crippen molar-refractivity contribution in [3.8, 4) is 11.5 Å². The molecule has 1 rings (SSSR count). The van der Waals surface area contributed by atoms with Crippen LogP contribution in [0.5, 0.6) is 11.5 Å². The molecular formula is C16H26N2O3. The summed E-state index contributed by atoms with van der Waals surface area (Å²) in [6.45, 7) is 4.34. The van der Waals surface area contributed by atoms with Gasteiger partial charge in [-0.1, -0.05) is 0 Å². The second-order valence-electron chi connectivity index (χ2n) is 5.55. The highest BCUT2D eigenvalue weighted by molar-refractivity contribution is 5.94. The number of carbonyl (C=O) groups excluding carboxylic acids is 1. The molecule has 1 aromatic carbocycles. The number of likely N-dealkylation sites (N-methyl/N-ethyl adjacent to an activating group) is 2. The Morgan fingerprint density at radius 1 is 0.905 bits per heavy atom. The molecule has 0 unspecified atom stereocenters. The Hall–Kier alpha value is -1.59. The van der Waals surface area contributed by atoms with E-state index in [1.54, 1.807) is 19.1 Å². The number of carbonyl (C=O) groups is 1. The first-order valence-corrected chi connectivity index (χ1v) is 7.09. The Balaban J connectivity index is 2.72. The molecule has 0 saturated heterocycles. The summed E-state index contributed by atoms with van der Waals surface area (Å²) < 4.78 is 11.4. The molecular weight excluding hydrogens is 268 g/mol. The van der Waals surface area contributed by atoms with Crippen molar-refractivity contribution in [3.05, 3.63) is 23.8 Å². The number of ketones is 1. The summed E-state index contributed by atoms with van der Waals surface area (Å²) in [6, 6.07) is 5.35. The summed E-state index contributed by atoms with van der Waals surface area (Å²) in [4.78, 5) is 15.7. The summed E-state index contributed by atoms with van der Waals surface area (Å²) in [7, 11) is 7.96. The highest BCUT2D eigenvalue weighted by Gasteiger charge is 2.07. The van der Waals surface area contributed by atoms with Gasteiger partial charge in [-0.2, -0.15) is 0 Å². The zero-order chi connectivity index (χ0) is 15.8. The standard InChI is InChI=1S/C16H26N2O3/c1-13(19)14-10-15(20-8-6-17(2)3)12-16(11-14)21-9-7-18(4)5/h10-12H,6-9H2,1-5H3. The van der Waals surface area contributed by atoms with Gasteiger partial charge in [0.25, 0.3) is 0 Å². The summed E-state index contributed by atoms with van der Waals surface area (Å²) >= 11 is 0. The number of benzene rings is 1. The second kappa shape index (κ2) is 8.64. The van der Waals surface area contributed by atoms with Crippen molar-refractivity contribution in [2.45, 2.75) is 6.92 Å². The van der Waals surface area contributed by atoms with E-state index in [4.69, 9.17) is 9.47 Å². The number of Topliss-reactive ketones (excluding diaryl/α,β-unsaturated/α-hetero) is 1. The first-order chi connectivity index (χ1) is 9.88. The van der Waals surface area contributed by atoms with Crippen molar-refractivity contribution in [1.82, 2.24) is 9.80 Å². The molecule has 0 amide bonds. The van der Waals surface area contributed by atoms with Crippen molar-refractivity contribution >= 4 is 5.78 Å². The molecule has 0 aromatic heterocycles. The molecule has 0 heterocycles. The molecule has 0 atom stereocenters. The third kappa shape index (κ3) is 7.11. The summed E-state index contributed by atoms with van der Waals surface area (Å²) in [5.74, 6) is 1.35. The third-order valence-corrected chi connectivity index (χ3v) is 2.90. The van der Waals surface area contributed by atoms with Gasteiger partial charge in [-0.15, -0.1) is 0 Å². The number of hydrogen-bond acceptors (Lipinski definition) is 5. The van der Waals surface area contributed by atoms with Crippen LogP contribution in [0.15, 0.2) is 18.2 Å². The van der Waals surface area contributed by atoms with Gasteiger partial charge in [0.1, 0.15) is 24.7 Å². The fraction of sp³-hybridized carbons (Fsp3) is 0.562. The molecule has 0 N–H and O–H groups in total. The molecule has 1 aromatic rings. The Morgan fingerprint density at radius 3 is 1.67 bits per heavy atom. The molecule has 0 fully saturated rings. The van der Waals surface area contributed by atoms with Crippen molar-refractivity contribution < 1.29 is 14.3 Å². The Labute approximate surface area is 127 Å². The van der Waals surface area contributed by atoms with E-state index in [1.165, 1.54) is 0 Å². The van der Waals surface area contributed by atoms with Gasteiger partial charge in [-0.25, -0.2) is 0 Å². The molecule has 5 nitrogen and oxygen atoms in total. The molecule has 0 aliphatic carbocycles. The second-order valence-corrected chi connectivity index (χ2v) is 5.55. The highest BCUT2D eigenvalue weighted by atomic mass is 16.5. The van der Waals surface area contributed by atoms with Crippen LogP contribution in [0, 0.1) is 0 Å². The summed E-state index contributed by atoms with van der Waals surface area (Å²) in [5.41, 5.74) is 0.609. The van der Waals surface area contributed by atoms with Crippen LogP contribution in [0.3, 0.4) is 0 Å². The first kappa shape index (κ1) is 17.5. The topological polar surface area (TPSA) is 42.0 Å². The maximum atomic E-state index is 11.6. The largest absolute Gasteiger partial charge is 0.492 e. The van der Waals surface area contributed by atoms with Gasteiger partial charge in [0.2, 0.25) is 0 Å². The van der Waals surface area contributed by atoms with Crippen molar-refractivity contribution in [2.75, 3.05) is 54.5 Å². The zero-order valence-electron chi connectivity index (χ0n) is 13.7. The van der Waals surface area contributed by atoms with Crippen LogP contribution in [-0.4, -0.2) is 70.1 Å². The lowest BCUT2D eigenvalue weighted by Gasteiger charge is -2.14. The minimum Gasteiger partial charge on any atom is -0.492 e. The molecule has 0 spiro atoms. The van der Waals surface area contributed by atoms with Crippen LogP contribution < -0.4 is 9.47 Å². The molecule has 118 valence electrons. The minimum atomic E-state index is 0.00511. The lowest BCUT2D eigenvalue weighted by molar-refractivity contribution is 0.101. The van der Waals surface area contributed by atoms with E-state index < -0.39 is 0 Å². The average Bonchev–Trinajstić information content (AvgIpc) is 2.37. The molecule has 0 bridgehead atoms. The van der Waals surface area contributed by atoms with Gasteiger partial charge in [0, 0.05) is 24.7 Å². The van der Waals surface area contributed by atoms with E-state index in [1.807, 2.05) is 44.1 Å². The van der Waals surface area contributed by atoms with E-state index in [-0.39, 0.29) is 5.78 Å². The lowest BCUT2D eigenvalue weighted by atomic mass is 10.1. The first-order valence-electron chi connectivity index (χ1n) is 7.09. The molecule has 0 saturated carbocycles.